The van der Waals surface area contributed by atoms with Crippen LogP contribution in [0.3, 0.4) is 0 Å². The lowest BCUT2D eigenvalue weighted by Crippen LogP contribution is -2.16. The fraction of sp³-hybridized carbons (Fsp3) is 0.200. The average Bonchev–Trinajstić information content (AvgIpc) is 2.79. The van der Waals surface area contributed by atoms with Crippen LogP contribution in [0.15, 0.2) is 30.5 Å². The number of rotatable bonds is 2. The van der Waals surface area contributed by atoms with E-state index >= 15 is 0 Å². The zero-order chi connectivity index (χ0) is 15.0. The number of fused-ring (bicyclic) bond motifs is 1. The first kappa shape index (κ1) is 13.2. The van der Waals surface area contributed by atoms with Gasteiger partial charge in [0.05, 0.1) is 11.3 Å². The van der Waals surface area contributed by atoms with Crippen molar-refractivity contribution >= 4 is 17.4 Å². The first-order chi connectivity index (χ1) is 10.0. The summed E-state index contributed by atoms with van der Waals surface area (Å²) in [5.41, 5.74) is 2.91. The number of hydrogen-bond donors (Lipinski definition) is 1. The molecule has 0 atom stereocenters. The normalized spacial score (nSPS) is 10.8. The van der Waals surface area contributed by atoms with Crippen LogP contribution in [0.25, 0.3) is 5.78 Å². The van der Waals surface area contributed by atoms with Crippen LogP contribution in [0, 0.1) is 20.8 Å². The van der Waals surface area contributed by atoms with Gasteiger partial charge in [0.1, 0.15) is 5.82 Å². The molecule has 0 saturated carbocycles. The Bertz CT molecular complexity index is 837. The maximum Gasteiger partial charge on any atom is 0.259 e. The molecule has 6 heteroatoms. The van der Waals surface area contributed by atoms with Crippen LogP contribution in [-0.4, -0.2) is 25.5 Å². The summed E-state index contributed by atoms with van der Waals surface area (Å²) in [6, 6.07) is 7.64. The van der Waals surface area contributed by atoms with Gasteiger partial charge in [0.15, 0.2) is 0 Å². The third kappa shape index (κ3) is 2.47. The summed E-state index contributed by atoms with van der Waals surface area (Å²) in [5.74, 6) is 0.917. The number of benzene rings is 1. The predicted octanol–water partition coefficient (Wildman–Crippen LogP) is 2.30. The number of amides is 1. The Kier molecular flexibility index (Phi) is 3.13. The highest BCUT2D eigenvalue weighted by Crippen LogP contribution is 2.16. The molecule has 0 saturated heterocycles. The Hall–Kier alpha value is -2.76. The lowest BCUT2D eigenvalue weighted by Gasteiger charge is -2.09. The Morgan fingerprint density at radius 1 is 1.14 bits per heavy atom. The second kappa shape index (κ2) is 4.97. The van der Waals surface area contributed by atoms with E-state index in [0.29, 0.717) is 22.9 Å². The fourth-order valence-corrected chi connectivity index (χ4v) is 2.13. The van der Waals surface area contributed by atoms with E-state index in [-0.39, 0.29) is 5.91 Å². The van der Waals surface area contributed by atoms with Crippen LogP contribution in [0.5, 0.6) is 0 Å². The Balaban J connectivity index is 1.97. The molecular weight excluding hydrogens is 266 g/mol. The molecule has 2 heterocycles. The van der Waals surface area contributed by atoms with Crippen molar-refractivity contribution in [3.8, 4) is 0 Å². The standard InChI is InChI=1S/C15H15N5O/c1-9-6-4-5-7-13(9)18-14(21)12-8-20-15(16-10(12)2)17-11(3)19-20/h4-8H,1-3H3,(H,18,21). The molecule has 2 aromatic heterocycles. The van der Waals surface area contributed by atoms with E-state index in [4.69, 9.17) is 0 Å². The smallest absolute Gasteiger partial charge is 0.259 e. The van der Waals surface area contributed by atoms with Crippen molar-refractivity contribution in [1.82, 2.24) is 19.6 Å². The van der Waals surface area contributed by atoms with Crippen molar-refractivity contribution in [2.75, 3.05) is 5.32 Å². The molecule has 0 aliphatic carbocycles. The molecule has 0 fully saturated rings. The second-order valence-corrected chi connectivity index (χ2v) is 4.91. The average molecular weight is 281 g/mol. The van der Waals surface area contributed by atoms with Gasteiger partial charge in [-0.25, -0.2) is 9.50 Å². The minimum Gasteiger partial charge on any atom is -0.322 e. The summed E-state index contributed by atoms with van der Waals surface area (Å²) in [6.45, 7) is 5.53. The number of para-hydroxylation sites is 1. The summed E-state index contributed by atoms with van der Waals surface area (Å²) >= 11 is 0. The number of nitrogens with one attached hydrogen (secondary N) is 1. The molecule has 21 heavy (non-hydrogen) atoms. The van der Waals surface area contributed by atoms with Gasteiger partial charge >= 0.3 is 0 Å². The summed E-state index contributed by atoms with van der Waals surface area (Å²) in [5, 5.41) is 7.08. The molecular formula is C15H15N5O. The predicted molar refractivity (Wildman–Crippen MR) is 79.4 cm³/mol. The maximum absolute atomic E-state index is 12.4. The molecule has 3 aromatic rings. The van der Waals surface area contributed by atoms with Gasteiger partial charge in [-0.1, -0.05) is 18.2 Å². The summed E-state index contributed by atoms with van der Waals surface area (Å²) < 4.78 is 1.52. The van der Waals surface area contributed by atoms with Crippen LogP contribution in [0.4, 0.5) is 5.69 Å². The third-order valence-electron chi connectivity index (χ3n) is 3.27. The quantitative estimate of drug-likeness (QED) is 0.782. The van der Waals surface area contributed by atoms with Crippen molar-refractivity contribution in [3.05, 3.63) is 53.1 Å². The Labute approximate surface area is 121 Å². The van der Waals surface area contributed by atoms with Crippen molar-refractivity contribution in [3.63, 3.8) is 0 Å². The number of aromatic nitrogens is 4. The zero-order valence-electron chi connectivity index (χ0n) is 12.1. The fourth-order valence-electron chi connectivity index (χ4n) is 2.13. The molecule has 0 aliphatic rings. The highest BCUT2D eigenvalue weighted by Gasteiger charge is 2.14. The van der Waals surface area contributed by atoms with E-state index in [2.05, 4.69) is 20.4 Å². The maximum atomic E-state index is 12.4. The number of carbonyl (C=O) groups is 1. The second-order valence-electron chi connectivity index (χ2n) is 4.91. The van der Waals surface area contributed by atoms with Crippen LogP contribution < -0.4 is 5.32 Å². The molecule has 1 aromatic carbocycles. The summed E-state index contributed by atoms with van der Waals surface area (Å²) in [4.78, 5) is 20.9. The minimum absolute atomic E-state index is 0.204. The number of carbonyl (C=O) groups excluding carboxylic acids is 1. The van der Waals surface area contributed by atoms with Gasteiger partial charge in [-0.3, -0.25) is 4.79 Å². The number of nitrogens with zero attached hydrogens (tertiary/aromatic N) is 4. The van der Waals surface area contributed by atoms with Gasteiger partial charge in [0.25, 0.3) is 11.7 Å². The summed E-state index contributed by atoms with van der Waals surface area (Å²) in [6.07, 6.45) is 1.66. The van der Waals surface area contributed by atoms with Gasteiger partial charge in [-0.2, -0.15) is 10.1 Å². The molecule has 0 aliphatic heterocycles. The van der Waals surface area contributed by atoms with E-state index < -0.39 is 0 Å². The van der Waals surface area contributed by atoms with Gasteiger partial charge in [0, 0.05) is 11.9 Å². The van der Waals surface area contributed by atoms with E-state index in [1.807, 2.05) is 31.2 Å². The molecule has 106 valence electrons. The van der Waals surface area contributed by atoms with Gasteiger partial charge in [0.2, 0.25) is 0 Å². The first-order valence-corrected chi connectivity index (χ1v) is 6.62. The van der Waals surface area contributed by atoms with Crippen molar-refractivity contribution in [1.29, 1.82) is 0 Å². The lowest BCUT2D eigenvalue weighted by atomic mass is 10.2. The van der Waals surface area contributed by atoms with E-state index in [0.717, 1.165) is 11.3 Å². The van der Waals surface area contributed by atoms with Crippen LogP contribution in [0.2, 0.25) is 0 Å². The van der Waals surface area contributed by atoms with Gasteiger partial charge in [-0.15, -0.1) is 0 Å². The highest BCUT2D eigenvalue weighted by molar-refractivity contribution is 6.05. The lowest BCUT2D eigenvalue weighted by molar-refractivity contribution is 0.102. The largest absolute Gasteiger partial charge is 0.322 e. The molecule has 0 radical (unpaired) electrons. The van der Waals surface area contributed by atoms with Gasteiger partial charge < -0.3 is 5.32 Å². The number of hydrogen-bond acceptors (Lipinski definition) is 4. The topological polar surface area (TPSA) is 72.2 Å². The highest BCUT2D eigenvalue weighted by atomic mass is 16.1. The van der Waals surface area contributed by atoms with Crippen molar-refractivity contribution in [2.45, 2.75) is 20.8 Å². The Morgan fingerprint density at radius 3 is 2.67 bits per heavy atom. The molecule has 0 bridgehead atoms. The van der Waals surface area contributed by atoms with Crippen molar-refractivity contribution in [2.24, 2.45) is 0 Å². The first-order valence-electron chi connectivity index (χ1n) is 6.62. The SMILES string of the molecule is Cc1nc2nc(C)c(C(=O)Nc3ccccc3C)cn2n1. The molecule has 6 nitrogen and oxygen atoms in total. The monoisotopic (exact) mass is 281 g/mol. The minimum atomic E-state index is -0.204. The molecule has 0 unspecified atom stereocenters. The molecule has 1 amide bonds. The van der Waals surface area contributed by atoms with Crippen molar-refractivity contribution < 1.29 is 4.79 Å². The zero-order valence-corrected chi connectivity index (χ0v) is 12.1. The Morgan fingerprint density at radius 2 is 1.90 bits per heavy atom. The number of anilines is 1. The van der Waals surface area contributed by atoms with Crippen LogP contribution >= 0.6 is 0 Å². The summed E-state index contributed by atoms with van der Waals surface area (Å²) in [7, 11) is 0. The van der Waals surface area contributed by atoms with Crippen LogP contribution in [-0.2, 0) is 0 Å². The molecule has 0 spiro atoms. The van der Waals surface area contributed by atoms with E-state index in [1.54, 1.807) is 20.0 Å². The third-order valence-corrected chi connectivity index (χ3v) is 3.27. The molecule has 1 N–H and O–H groups in total. The molecule has 3 rings (SSSR count). The van der Waals surface area contributed by atoms with E-state index in [1.165, 1.54) is 4.52 Å². The van der Waals surface area contributed by atoms with E-state index in [9.17, 15) is 4.79 Å². The number of aryl methyl sites for hydroxylation is 3. The van der Waals surface area contributed by atoms with Gasteiger partial charge in [-0.05, 0) is 32.4 Å². The van der Waals surface area contributed by atoms with Crippen LogP contribution in [0.1, 0.15) is 27.4 Å².